The number of aromatic hydroxyl groups is 2. The summed E-state index contributed by atoms with van der Waals surface area (Å²) in [4.78, 5) is 8.04. The van der Waals surface area contributed by atoms with Gasteiger partial charge < -0.3 is 10.2 Å². The first-order valence-corrected chi connectivity index (χ1v) is 7.46. The monoisotopic (exact) mass is 385 g/mol. The first kappa shape index (κ1) is 22.4. The Kier molecular flexibility index (Phi) is 12.3. The van der Waals surface area contributed by atoms with E-state index in [2.05, 4.69) is 23.1 Å². The van der Waals surface area contributed by atoms with Gasteiger partial charge in [-0.2, -0.15) is 0 Å². The van der Waals surface area contributed by atoms with E-state index in [1.165, 1.54) is 0 Å². The number of phenols is 2. The van der Waals surface area contributed by atoms with Crippen LogP contribution in [0.15, 0.2) is 83.8 Å². The molecule has 0 saturated carbocycles. The molecule has 5 heteroatoms. The number of benzene rings is 2. The minimum Gasteiger partial charge on any atom is -0.507 e. The zero-order valence-electron chi connectivity index (χ0n) is 13.8. The van der Waals surface area contributed by atoms with Gasteiger partial charge in [-0.1, -0.05) is 36.4 Å². The van der Waals surface area contributed by atoms with Crippen molar-refractivity contribution in [2.24, 2.45) is 9.98 Å². The zero-order chi connectivity index (χ0) is 17.6. The van der Waals surface area contributed by atoms with Crippen molar-refractivity contribution in [1.82, 2.24) is 0 Å². The van der Waals surface area contributed by atoms with Gasteiger partial charge in [0.05, 0.1) is 13.1 Å². The molecule has 0 aromatic heterocycles. The summed E-state index contributed by atoms with van der Waals surface area (Å²) in [6.45, 7) is 8.23. The topological polar surface area (TPSA) is 65.2 Å². The van der Waals surface area contributed by atoms with E-state index < -0.39 is 0 Å². The Bertz CT molecular complexity index is 651. The molecule has 135 valence electrons. The Morgan fingerprint density at radius 1 is 0.720 bits per heavy atom. The Labute approximate surface area is 159 Å². The number of aliphatic imine (C=N–C) groups is 2. The normalized spacial score (nSPS) is 9.92. The third-order valence-corrected chi connectivity index (χ3v) is 2.80. The standard InChI is InChI=1S/2C10H11NO.Cu/c2*1-2-7-11-8-9-5-3-4-6-10(9)12;/h2*2-6,8,12H,1,7H2;. The van der Waals surface area contributed by atoms with Gasteiger partial charge in [0.2, 0.25) is 0 Å². The van der Waals surface area contributed by atoms with Crippen LogP contribution in [0.4, 0.5) is 0 Å². The van der Waals surface area contributed by atoms with Gasteiger partial charge in [0.25, 0.3) is 0 Å². The van der Waals surface area contributed by atoms with Crippen molar-refractivity contribution < 1.29 is 27.3 Å². The Morgan fingerprint density at radius 2 is 1.08 bits per heavy atom. The summed E-state index contributed by atoms with van der Waals surface area (Å²) in [5.74, 6) is 0.510. The van der Waals surface area contributed by atoms with E-state index >= 15 is 0 Å². The first-order chi connectivity index (χ1) is 11.7. The molecule has 25 heavy (non-hydrogen) atoms. The number of nitrogens with zero attached hydrogens (tertiary/aromatic N) is 2. The summed E-state index contributed by atoms with van der Waals surface area (Å²) >= 11 is 0. The maximum Gasteiger partial charge on any atom is 0.124 e. The molecule has 2 aromatic rings. The van der Waals surface area contributed by atoms with Crippen molar-refractivity contribution in [1.29, 1.82) is 0 Å². The Morgan fingerprint density at radius 3 is 1.40 bits per heavy atom. The van der Waals surface area contributed by atoms with Crippen molar-refractivity contribution >= 4 is 12.4 Å². The van der Waals surface area contributed by atoms with Gasteiger partial charge in [-0.05, 0) is 24.3 Å². The summed E-state index contributed by atoms with van der Waals surface area (Å²) in [5.41, 5.74) is 1.47. The molecule has 2 aromatic carbocycles. The van der Waals surface area contributed by atoms with Crippen LogP contribution in [0.3, 0.4) is 0 Å². The number of phenolic OH excluding ortho intramolecular Hbond substituents is 2. The molecule has 0 aliphatic rings. The minimum atomic E-state index is 0. The van der Waals surface area contributed by atoms with Gasteiger partial charge >= 0.3 is 0 Å². The van der Waals surface area contributed by atoms with Crippen LogP contribution in [0, 0.1) is 0 Å². The first-order valence-electron chi connectivity index (χ1n) is 7.46. The van der Waals surface area contributed by atoms with E-state index in [1.54, 1.807) is 48.8 Å². The van der Waals surface area contributed by atoms with Crippen LogP contribution in [-0.2, 0) is 17.1 Å². The summed E-state index contributed by atoms with van der Waals surface area (Å²) in [6.07, 6.45) is 6.68. The van der Waals surface area contributed by atoms with E-state index in [0.717, 1.165) is 11.1 Å². The van der Waals surface area contributed by atoms with Gasteiger partial charge in [-0.15, -0.1) is 13.2 Å². The molecule has 2 N–H and O–H groups in total. The maximum atomic E-state index is 9.29. The van der Waals surface area contributed by atoms with Crippen molar-refractivity contribution in [2.45, 2.75) is 0 Å². The van der Waals surface area contributed by atoms with Gasteiger partial charge in [0.15, 0.2) is 0 Å². The molecule has 0 fully saturated rings. The second-order valence-corrected chi connectivity index (χ2v) is 4.68. The van der Waals surface area contributed by atoms with Crippen molar-refractivity contribution in [2.75, 3.05) is 13.1 Å². The Balaban J connectivity index is 0.000000443. The molecule has 4 nitrogen and oxygen atoms in total. The van der Waals surface area contributed by atoms with E-state index in [0.29, 0.717) is 13.1 Å². The molecule has 0 bridgehead atoms. The minimum absolute atomic E-state index is 0. The summed E-state index contributed by atoms with van der Waals surface area (Å²) in [5, 5.41) is 18.6. The molecule has 0 spiro atoms. The van der Waals surface area contributed by atoms with Crippen molar-refractivity contribution in [3.05, 3.63) is 85.0 Å². The molecule has 0 amide bonds. The van der Waals surface area contributed by atoms with Crippen molar-refractivity contribution in [3.8, 4) is 11.5 Å². The molecule has 0 aliphatic carbocycles. The molecular weight excluding hydrogens is 364 g/mol. The third kappa shape index (κ3) is 9.30. The van der Waals surface area contributed by atoms with Crippen LogP contribution in [0.5, 0.6) is 11.5 Å². The largest absolute Gasteiger partial charge is 0.507 e. The molecule has 0 atom stereocenters. The Hall–Kier alpha value is -2.62. The SMILES string of the molecule is C=CCN=Cc1ccccc1O.C=CCN=Cc1ccccc1O.[Cu]. The molecule has 0 aliphatic heterocycles. The zero-order valence-corrected chi connectivity index (χ0v) is 14.8. The summed E-state index contributed by atoms with van der Waals surface area (Å²) < 4.78 is 0. The molecule has 2 rings (SSSR count). The fourth-order valence-electron chi connectivity index (χ4n) is 1.64. The van der Waals surface area contributed by atoms with Crippen molar-refractivity contribution in [3.63, 3.8) is 0 Å². The van der Waals surface area contributed by atoms with Crippen LogP contribution in [0.1, 0.15) is 11.1 Å². The van der Waals surface area contributed by atoms with Crippen LogP contribution in [-0.4, -0.2) is 35.7 Å². The second kappa shape index (κ2) is 13.8. The van der Waals surface area contributed by atoms with Gasteiger partial charge in [0, 0.05) is 40.6 Å². The molecule has 0 heterocycles. The van der Waals surface area contributed by atoms with E-state index in [1.807, 2.05) is 24.3 Å². The fraction of sp³-hybridized carbons (Fsp3) is 0.100. The molecule has 0 saturated heterocycles. The van der Waals surface area contributed by atoms with Gasteiger partial charge in [0.1, 0.15) is 11.5 Å². The maximum absolute atomic E-state index is 9.29. The van der Waals surface area contributed by atoms with Crippen LogP contribution in [0.2, 0.25) is 0 Å². The molecule has 1 radical (unpaired) electrons. The smallest absolute Gasteiger partial charge is 0.124 e. The van der Waals surface area contributed by atoms with E-state index in [9.17, 15) is 10.2 Å². The molecule has 0 unspecified atom stereocenters. The van der Waals surface area contributed by atoms with Gasteiger partial charge in [-0.3, -0.25) is 9.98 Å². The van der Waals surface area contributed by atoms with E-state index in [-0.39, 0.29) is 28.6 Å². The van der Waals surface area contributed by atoms with Crippen LogP contribution >= 0.6 is 0 Å². The average Bonchev–Trinajstić information content (AvgIpc) is 2.59. The number of rotatable bonds is 6. The predicted octanol–water partition coefficient (Wildman–Crippen LogP) is 3.99. The third-order valence-electron chi connectivity index (χ3n) is 2.80. The van der Waals surface area contributed by atoms with Crippen LogP contribution < -0.4 is 0 Å². The quantitative estimate of drug-likeness (QED) is 0.448. The van der Waals surface area contributed by atoms with Crippen LogP contribution in [0.25, 0.3) is 0 Å². The second-order valence-electron chi connectivity index (χ2n) is 4.68. The molecular formula is C20H22CuN2O2. The summed E-state index contributed by atoms with van der Waals surface area (Å²) in [7, 11) is 0. The number of hydrogen-bond acceptors (Lipinski definition) is 4. The predicted molar refractivity (Wildman–Crippen MR) is 102 cm³/mol. The summed E-state index contributed by atoms with van der Waals surface area (Å²) in [6, 6.07) is 14.2. The number of hydrogen-bond donors (Lipinski definition) is 2. The number of para-hydroxylation sites is 2. The average molecular weight is 386 g/mol. The van der Waals surface area contributed by atoms with E-state index in [4.69, 9.17) is 0 Å². The van der Waals surface area contributed by atoms with Gasteiger partial charge in [-0.25, -0.2) is 0 Å². The fourth-order valence-corrected chi connectivity index (χ4v) is 1.64.